The molecule has 1 aromatic carbocycles. The molecule has 0 radical (unpaired) electrons. The lowest BCUT2D eigenvalue weighted by Crippen LogP contribution is -2.30. The van der Waals surface area contributed by atoms with Gasteiger partial charge in [0.1, 0.15) is 10.1 Å². The van der Waals surface area contributed by atoms with Gasteiger partial charge in [0.25, 0.3) is 0 Å². The molecule has 0 fully saturated rings. The Morgan fingerprint density at radius 2 is 1.61 bits per heavy atom. The lowest BCUT2D eigenvalue weighted by Gasteiger charge is -2.30. The van der Waals surface area contributed by atoms with Gasteiger partial charge in [-0.2, -0.15) is 0 Å². The molecule has 0 amide bonds. The summed E-state index contributed by atoms with van der Waals surface area (Å²) in [5.74, 6) is 0. The molecule has 0 aliphatic rings. The summed E-state index contributed by atoms with van der Waals surface area (Å²) in [6, 6.07) is 5.66. The van der Waals surface area contributed by atoms with Gasteiger partial charge in [-0.25, -0.2) is 8.42 Å². The quantitative estimate of drug-likeness (QED) is 0.502. The maximum absolute atomic E-state index is 11.5. The van der Waals surface area contributed by atoms with Gasteiger partial charge in [-0.15, -0.1) is 0 Å². The van der Waals surface area contributed by atoms with E-state index in [-0.39, 0.29) is 6.15 Å². The van der Waals surface area contributed by atoms with Crippen molar-refractivity contribution >= 4 is 10.1 Å². The smallest absolute Gasteiger partial charge is 0.104 e. The summed E-state index contributed by atoms with van der Waals surface area (Å²) in [7, 11) is -4.38. The second-order valence-electron chi connectivity index (χ2n) is 6.57. The first-order valence-electron chi connectivity index (χ1n) is 8.26. The predicted molar refractivity (Wildman–Crippen MR) is 97.0 cm³/mol. The molecule has 4 N–H and O–H groups in total. The fourth-order valence-electron chi connectivity index (χ4n) is 2.84. The first-order chi connectivity index (χ1) is 10.2. The van der Waals surface area contributed by atoms with Crippen LogP contribution in [0.5, 0.6) is 0 Å². The molecule has 0 unspecified atom stereocenters. The highest BCUT2D eigenvalue weighted by Gasteiger charge is 2.30. The van der Waals surface area contributed by atoms with Gasteiger partial charge in [0.15, 0.2) is 0 Å². The van der Waals surface area contributed by atoms with Crippen LogP contribution in [0, 0.1) is 6.92 Å². The average molecular weight is 344 g/mol. The minimum atomic E-state index is -4.38. The molecule has 0 heterocycles. The summed E-state index contributed by atoms with van der Waals surface area (Å²) >= 11 is 0. The van der Waals surface area contributed by atoms with Gasteiger partial charge in [-0.3, -0.25) is 0 Å². The van der Waals surface area contributed by atoms with Crippen LogP contribution in [0.15, 0.2) is 18.2 Å². The van der Waals surface area contributed by atoms with Gasteiger partial charge in [0.2, 0.25) is 0 Å². The maximum atomic E-state index is 11.5. The van der Waals surface area contributed by atoms with Crippen molar-refractivity contribution in [3.63, 3.8) is 0 Å². The highest BCUT2D eigenvalue weighted by Crippen LogP contribution is 2.32. The second kappa shape index (κ2) is 9.40. The topological polar surface area (TPSA) is 93.7 Å². The lowest BCUT2D eigenvalue weighted by atomic mass is 9.91. The molecule has 0 spiro atoms. The molecule has 0 aliphatic heterocycles. The summed E-state index contributed by atoms with van der Waals surface area (Å²) in [5.41, 5.74) is 2.73. The number of unbranched alkanes of at least 4 members (excludes halogenated alkanes) is 5. The van der Waals surface area contributed by atoms with Crippen molar-refractivity contribution in [2.75, 3.05) is 0 Å². The van der Waals surface area contributed by atoms with E-state index in [1.807, 2.05) is 19.1 Å². The third-order valence-corrected chi connectivity index (χ3v) is 5.99. The van der Waals surface area contributed by atoms with Crippen molar-refractivity contribution in [2.24, 2.45) is 0 Å². The highest BCUT2D eigenvalue weighted by atomic mass is 32.2. The number of rotatable bonds is 9. The van der Waals surface area contributed by atoms with Crippen molar-refractivity contribution < 1.29 is 13.0 Å². The Labute approximate surface area is 142 Å². The predicted octanol–water partition coefficient (Wildman–Crippen LogP) is 5.05. The zero-order valence-electron chi connectivity index (χ0n) is 15.3. The van der Waals surface area contributed by atoms with Crippen LogP contribution in [0.1, 0.15) is 76.0 Å². The van der Waals surface area contributed by atoms with E-state index in [0.29, 0.717) is 5.56 Å². The average Bonchev–Trinajstić information content (AvgIpc) is 2.42. The molecule has 0 saturated heterocycles. The molecule has 0 saturated carbocycles. The van der Waals surface area contributed by atoms with Gasteiger partial charge in [0.05, 0.1) is 4.75 Å². The molecular weight excluding hydrogens is 310 g/mol. The van der Waals surface area contributed by atoms with E-state index in [4.69, 9.17) is 0 Å². The largest absolute Gasteiger partial charge is 0.747 e. The number of hydrogen-bond donors (Lipinski definition) is 1. The standard InChI is InChI=1S/C18H30O3S.H3N/c1-5-6-7-8-9-10-12-16-13-11-14-17(15(16)2)18(3,4)22(19,20)21;/h11,13-14H,5-10,12H2,1-4H3,(H,19,20,21);1H3. The van der Waals surface area contributed by atoms with Crippen LogP contribution in [0.25, 0.3) is 0 Å². The molecular formula is C18H33NO3S. The Balaban J connectivity index is 0.00000484. The molecule has 4 nitrogen and oxygen atoms in total. The number of benzene rings is 1. The Kier molecular flexibility index (Phi) is 9.03. The maximum Gasteiger partial charge on any atom is 0.104 e. The summed E-state index contributed by atoms with van der Waals surface area (Å²) in [6.07, 6.45) is 8.35. The minimum absolute atomic E-state index is 0. The van der Waals surface area contributed by atoms with Crippen LogP contribution in [0.2, 0.25) is 0 Å². The van der Waals surface area contributed by atoms with Crippen LogP contribution in [0.4, 0.5) is 0 Å². The van der Waals surface area contributed by atoms with Crippen LogP contribution < -0.4 is 6.15 Å². The van der Waals surface area contributed by atoms with E-state index in [9.17, 15) is 13.0 Å². The molecule has 0 aromatic heterocycles. The van der Waals surface area contributed by atoms with E-state index < -0.39 is 14.9 Å². The number of quaternary nitrogens is 1. The minimum Gasteiger partial charge on any atom is -0.747 e. The SMILES string of the molecule is CCCCCCCCc1cccc(C(C)(C)S(=O)(=O)[O-])c1C.[NH4+]. The summed E-state index contributed by atoms with van der Waals surface area (Å²) in [4.78, 5) is 0. The van der Waals surface area contributed by atoms with Crippen molar-refractivity contribution in [1.29, 1.82) is 0 Å². The third kappa shape index (κ3) is 5.90. The van der Waals surface area contributed by atoms with Crippen molar-refractivity contribution in [3.05, 3.63) is 34.9 Å². The fraction of sp³-hybridized carbons (Fsp3) is 0.667. The Morgan fingerprint density at radius 1 is 1.04 bits per heavy atom. The fourth-order valence-corrected chi connectivity index (χ4v) is 3.33. The Bertz CT molecular complexity index is 580. The van der Waals surface area contributed by atoms with Gasteiger partial charge in [-0.1, -0.05) is 57.2 Å². The summed E-state index contributed by atoms with van der Waals surface area (Å²) in [5, 5.41) is 0. The normalized spacial score (nSPS) is 12.0. The van der Waals surface area contributed by atoms with E-state index in [2.05, 4.69) is 6.92 Å². The first-order valence-corrected chi connectivity index (χ1v) is 9.67. The number of aryl methyl sites for hydroxylation is 1. The molecule has 134 valence electrons. The van der Waals surface area contributed by atoms with Gasteiger partial charge < -0.3 is 10.7 Å². The number of hydrogen-bond acceptors (Lipinski definition) is 3. The van der Waals surface area contributed by atoms with E-state index in [1.165, 1.54) is 46.0 Å². The van der Waals surface area contributed by atoms with E-state index >= 15 is 0 Å². The van der Waals surface area contributed by atoms with E-state index in [0.717, 1.165) is 24.0 Å². The van der Waals surface area contributed by atoms with Crippen LogP contribution >= 0.6 is 0 Å². The van der Waals surface area contributed by atoms with Crippen LogP contribution in [-0.2, 0) is 21.3 Å². The molecule has 0 bridgehead atoms. The van der Waals surface area contributed by atoms with Gasteiger partial charge in [0, 0.05) is 0 Å². The van der Waals surface area contributed by atoms with Gasteiger partial charge >= 0.3 is 0 Å². The zero-order chi connectivity index (χ0) is 16.8. The zero-order valence-corrected chi connectivity index (χ0v) is 16.1. The molecule has 1 aromatic rings. The van der Waals surface area contributed by atoms with Crippen molar-refractivity contribution in [2.45, 2.75) is 77.4 Å². The molecule has 23 heavy (non-hydrogen) atoms. The molecule has 0 aliphatic carbocycles. The van der Waals surface area contributed by atoms with E-state index in [1.54, 1.807) is 6.07 Å². The Hall–Kier alpha value is -0.910. The summed E-state index contributed by atoms with van der Waals surface area (Å²) < 4.78 is 33.2. The summed E-state index contributed by atoms with van der Waals surface area (Å²) in [6.45, 7) is 7.12. The molecule has 5 heteroatoms. The monoisotopic (exact) mass is 343 g/mol. The van der Waals surface area contributed by atoms with Crippen LogP contribution in [0.3, 0.4) is 0 Å². The second-order valence-corrected chi connectivity index (χ2v) is 8.50. The molecule has 1 rings (SSSR count). The lowest BCUT2D eigenvalue weighted by molar-refractivity contribution is 0.427. The highest BCUT2D eigenvalue weighted by molar-refractivity contribution is 7.86. The van der Waals surface area contributed by atoms with Crippen LogP contribution in [-0.4, -0.2) is 13.0 Å². The van der Waals surface area contributed by atoms with Crippen molar-refractivity contribution in [1.82, 2.24) is 6.15 Å². The molecule has 0 atom stereocenters. The van der Waals surface area contributed by atoms with Crippen molar-refractivity contribution in [3.8, 4) is 0 Å². The van der Waals surface area contributed by atoms with Gasteiger partial charge in [-0.05, 0) is 50.3 Å². The Morgan fingerprint density at radius 3 is 2.17 bits per heavy atom. The first kappa shape index (κ1) is 22.1. The third-order valence-electron chi connectivity index (χ3n) is 4.52.